The number of carboxylic acid groups (broad SMARTS) is 1. The molecule has 1 aromatic carbocycles. The molecule has 1 aromatic heterocycles. The van der Waals surface area contributed by atoms with Gasteiger partial charge in [-0.2, -0.15) is 5.10 Å². The second-order valence-electron chi connectivity index (χ2n) is 7.40. The number of nitrogens with zero attached hydrogens (tertiary/aromatic N) is 3. The summed E-state index contributed by atoms with van der Waals surface area (Å²) >= 11 is 0. The summed E-state index contributed by atoms with van der Waals surface area (Å²) in [5.74, 6) is -0.226. The van der Waals surface area contributed by atoms with Crippen molar-refractivity contribution in [2.45, 2.75) is 58.2 Å². The summed E-state index contributed by atoms with van der Waals surface area (Å²) in [7, 11) is 0. The molecule has 3 N–H and O–H groups in total. The zero-order valence-electron chi connectivity index (χ0n) is 16.0. The summed E-state index contributed by atoms with van der Waals surface area (Å²) in [5.41, 5.74) is 0.807. The smallest absolute Gasteiger partial charge is 0.315 e. The van der Waals surface area contributed by atoms with E-state index in [2.05, 4.69) is 20.7 Å². The third-order valence-electron chi connectivity index (χ3n) is 4.03. The van der Waals surface area contributed by atoms with Gasteiger partial charge in [-0.1, -0.05) is 30.3 Å². The molecule has 2 amide bonds. The molecule has 146 valence electrons. The van der Waals surface area contributed by atoms with Crippen molar-refractivity contribution in [1.29, 1.82) is 0 Å². The van der Waals surface area contributed by atoms with Crippen LogP contribution in [0.25, 0.3) is 0 Å². The Morgan fingerprint density at radius 2 is 1.93 bits per heavy atom. The van der Waals surface area contributed by atoms with Crippen LogP contribution >= 0.6 is 0 Å². The zero-order valence-corrected chi connectivity index (χ0v) is 16.0. The van der Waals surface area contributed by atoms with Crippen molar-refractivity contribution in [1.82, 2.24) is 25.4 Å². The molecule has 0 saturated heterocycles. The molecule has 0 fully saturated rings. The van der Waals surface area contributed by atoms with Gasteiger partial charge in [0.05, 0.1) is 12.1 Å². The van der Waals surface area contributed by atoms with Crippen molar-refractivity contribution >= 4 is 12.0 Å². The zero-order chi connectivity index (χ0) is 19.9. The highest BCUT2D eigenvalue weighted by Gasteiger charge is 2.19. The van der Waals surface area contributed by atoms with Gasteiger partial charge in [0, 0.05) is 12.5 Å². The fourth-order valence-electron chi connectivity index (χ4n) is 2.76. The average Bonchev–Trinajstić information content (AvgIpc) is 3.08. The van der Waals surface area contributed by atoms with Crippen LogP contribution in [0, 0.1) is 0 Å². The van der Waals surface area contributed by atoms with Gasteiger partial charge in [-0.15, -0.1) is 0 Å². The Hall–Kier alpha value is -2.90. The fraction of sp³-hybridized carbons (Fsp3) is 0.474. The van der Waals surface area contributed by atoms with E-state index < -0.39 is 5.97 Å². The first-order valence-corrected chi connectivity index (χ1v) is 8.95. The van der Waals surface area contributed by atoms with Gasteiger partial charge in [-0.25, -0.2) is 14.5 Å². The molecule has 0 aliphatic rings. The van der Waals surface area contributed by atoms with E-state index in [1.54, 1.807) is 4.68 Å². The van der Waals surface area contributed by atoms with Crippen molar-refractivity contribution < 1.29 is 14.7 Å². The van der Waals surface area contributed by atoms with Crippen molar-refractivity contribution in [3.63, 3.8) is 0 Å². The summed E-state index contributed by atoms with van der Waals surface area (Å²) in [6, 6.07) is 9.04. The quantitative estimate of drug-likeness (QED) is 0.658. The number of rotatable bonds is 8. The minimum Gasteiger partial charge on any atom is -0.481 e. The van der Waals surface area contributed by atoms with Crippen LogP contribution in [-0.4, -0.2) is 37.9 Å². The lowest BCUT2D eigenvalue weighted by atomic mass is 10.0. The number of hydrogen-bond donors (Lipinski definition) is 3. The Bertz CT molecular complexity index is 752. The Morgan fingerprint density at radius 3 is 2.56 bits per heavy atom. The predicted molar refractivity (Wildman–Crippen MR) is 101 cm³/mol. The van der Waals surface area contributed by atoms with Crippen molar-refractivity contribution in [3.8, 4) is 0 Å². The van der Waals surface area contributed by atoms with E-state index in [0.29, 0.717) is 18.7 Å². The van der Waals surface area contributed by atoms with Gasteiger partial charge in [0.2, 0.25) is 0 Å². The van der Waals surface area contributed by atoms with Crippen molar-refractivity contribution in [2.24, 2.45) is 0 Å². The van der Waals surface area contributed by atoms with Crippen molar-refractivity contribution in [2.75, 3.05) is 0 Å². The van der Waals surface area contributed by atoms with E-state index in [9.17, 15) is 9.59 Å². The second kappa shape index (κ2) is 9.16. The van der Waals surface area contributed by atoms with Gasteiger partial charge in [0.15, 0.2) is 0 Å². The molecule has 2 rings (SSSR count). The Balaban J connectivity index is 1.94. The monoisotopic (exact) mass is 373 g/mol. The first-order chi connectivity index (χ1) is 12.8. The Morgan fingerprint density at radius 1 is 1.22 bits per heavy atom. The summed E-state index contributed by atoms with van der Waals surface area (Å²) in [5, 5.41) is 18.8. The van der Waals surface area contributed by atoms with Crippen LogP contribution < -0.4 is 10.6 Å². The maximum absolute atomic E-state index is 12.3. The largest absolute Gasteiger partial charge is 0.481 e. The first-order valence-electron chi connectivity index (χ1n) is 8.95. The summed E-state index contributed by atoms with van der Waals surface area (Å²) in [4.78, 5) is 27.4. The van der Waals surface area contributed by atoms with Crippen LogP contribution in [0.2, 0.25) is 0 Å². The number of hydrogen-bond acceptors (Lipinski definition) is 4. The van der Waals surface area contributed by atoms with Gasteiger partial charge in [0.25, 0.3) is 0 Å². The van der Waals surface area contributed by atoms with Gasteiger partial charge >= 0.3 is 12.0 Å². The van der Waals surface area contributed by atoms with E-state index in [1.165, 1.54) is 6.33 Å². The van der Waals surface area contributed by atoms with Crippen LogP contribution in [0.5, 0.6) is 0 Å². The van der Waals surface area contributed by atoms with E-state index in [-0.39, 0.29) is 30.6 Å². The molecule has 2 aromatic rings. The maximum atomic E-state index is 12.3. The average molecular weight is 373 g/mol. The predicted octanol–water partition coefficient (Wildman–Crippen LogP) is 2.31. The third kappa shape index (κ3) is 6.73. The summed E-state index contributed by atoms with van der Waals surface area (Å²) in [6.07, 6.45) is 2.39. The highest BCUT2D eigenvalue weighted by atomic mass is 16.4. The molecular weight excluding hydrogens is 346 g/mol. The number of amides is 2. The molecule has 1 unspecified atom stereocenters. The van der Waals surface area contributed by atoms with Crippen molar-refractivity contribution in [3.05, 3.63) is 48.0 Å². The molecule has 0 radical (unpaired) electrons. The molecule has 0 saturated carbocycles. The highest BCUT2D eigenvalue weighted by molar-refractivity contribution is 5.74. The standard InChI is InChI=1S/C19H27N5O3/c1-19(2,3)24-16(21-13-22-24)12-20-18(27)23-15(9-10-17(25)26)11-14-7-5-4-6-8-14/h4-8,13,15H,9-12H2,1-3H3,(H,25,26)(H2,20,23,27). The van der Waals surface area contributed by atoms with Crippen LogP contribution in [0.4, 0.5) is 4.79 Å². The maximum Gasteiger partial charge on any atom is 0.315 e. The number of benzene rings is 1. The number of aromatic nitrogens is 3. The lowest BCUT2D eigenvalue weighted by molar-refractivity contribution is -0.137. The SMILES string of the molecule is CC(C)(C)n1ncnc1CNC(=O)NC(CCC(=O)O)Cc1ccccc1. The molecular formula is C19H27N5O3. The fourth-order valence-corrected chi connectivity index (χ4v) is 2.76. The summed E-state index contributed by atoms with van der Waals surface area (Å²) < 4.78 is 1.76. The molecule has 27 heavy (non-hydrogen) atoms. The third-order valence-corrected chi connectivity index (χ3v) is 4.03. The number of aliphatic carboxylic acids is 1. The minimum atomic E-state index is -0.881. The van der Waals surface area contributed by atoms with E-state index in [1.807, 2.05) is 51.1 Å². The van der Waals surface area contributed by atoms with Crippen LogP contribution in [0.3, 0.4) is 0 Å². The molecule has 0 bridgehead atoms. The second-order valence-corrected chi connectivity index (χ2v) is 7.40. The highest BCUT2D eigenvalue weighted by Crippen LogP contribution is 2.13. The normalized spacial score (nSPS) is 12.4. The van der Waals surface area contributed by atoms with E-state index >= 15 is 0 Å². The lowest BCUT2D eigenvalue weighted by Crippen LogP contribution is -2.43. The molecule has 8 heteroatoms. The number of carbonyl (C=O) groups excluding carboxylic acids is 1. The topological polar surface area (TPSA) is 109 Å². The van der Waals surface area contributed by atoms with E-state index in [0.717, 1.165) is 5.56 Å². The summed E-state index contributed by atoms with van der Waals surface area (Å²) in [6.45, 7) is 6.26. The van der Waals surface area contributed by atoms with E-state index in [4.69, 9.17) is 5.11 Å². The first kappa shape index (κ1) is 20.4. The molecule has 8 nitrogen and oxygen atoms in total. The Kier molecular flexibility index (Phi) is 6.92. The van der Waals surface area contributed by atoms with Gasteiger partial charge < -0.3 is 15.7 Å². The van der Waals surface area contributed by atoms with Gasteiger partial charge in [-0.3, -0.25) is 4.79 Å². The lowest BCUT2D eigenvalue weighted by Gasteiger charge is -2.22. The van der Waals surface area contributed by atoms with Gasteiger partial charge in [-0.05, 0) is 39.2 Å². The van der Waals surface area contributed by atoms with Crippen LogP contribution in [0.1, 0.15) is 45.0 Å². The molecule has 0 spiro atoms. The molecule has 0 aliphatic heterocycles. The number of urea groups is 1. The number of carbonyl (C=O) groups is 2. The number of carboxylic acids is 1. The van der Waals surface area contributed by atoms with Gasteiger partial charge in [0.1, 0.15) is 12.2 Å². The van der Waals surface area contributed by atoms with Crippen LogP contribution in [-0.2, 0) is 23.3 Å². The molecule has 1 atom stereocenters. The van der Waals surface area contributed by atoms with Crippen LogP contribution in [0.15, 0.2) is 36.7 Å². The minimum absolute atomic E-state index is 0.00384. The molecule has 0 aliphatic carbocycles. The number of nitrogens with one attached hydrogen (secondary N) is 2. The molecule has 1 heterocycles. The Labute approximate surface area is 159 Å².